The molecule has 0 saturated carbocycles. The quantitative estimate of drug-likeness (QED) is 0.562. The first-order valence-electron chi connectivity index (χ1n) is 8.89. The minimum Gasteiger partial charge on any atom is -0.363 e. The summed E-state index contributed by atoms with van der Waals surface area (Å²) in [6.45, 7) is 0.758. The summed E-state index contributed by atoms with van der Waals surface area (Å²) in [4.78, 5) is 11.7. The van der Waals surface area contributed by atoms with Crippen molar-refractivity contribution in [3.8, 4) is 21.1 Å². The molecule has 4 aromatic rings. The van der Waals surface area contributed by atoms with E-state index in [9.17, 15) is 4.79 Å². The Bertz CT molecular complexity index is 1160. The molecule has 1 aliphatic rings. The normalized spacial score (nSPS) is 17.2. The predicted octanol–water partition coefficient (Wildman–Crippen LogP) is 3.01. The number of carbonyl (C=O) groups is 1. The average molecular weight is 396 g/mol. The second-order valence-electron chi connectivity index (χ2n) is 6.52. The van der Waals surface area contributed by atoms with Crippen LogP contribution in [0.5, 0.6) is 0 Å². The zero-order valence-electron chi connectivity index (χ0n) is 14.7. The van der Waals surface area contributed by atoms with Crippen LogP contribution >= 0.6 is 11.3 Å². The zero-order valence-corrected chi connectivity index (χ0v) is 15.6. The number of aromatic nitrogens is 5. The van der Waals surface area contributed by atoms with Crippen LogP contribution in [0.3, 0.4) is 0 Å². The van der Waals surface area contributed by atoms with Crippen LogP contribution in [0.2, 0.25) is 0 Å². The zero-order chi connectivity index (χ0) is 19.1. The van der Waals surface area contributed by atoms with Crippen molar-refractivity contribution in [2.24, 2.45) is 5.73 Å². The van der Waals surface area contributed by atoms with E-state index in [1.54, 1.807) is 12.3 Å². The van der Waals surface area contributed by atoms with Gasteiger partial charge in [-0.25, -0.2) is 4.68 Å². The third-order valence-electron chi connectivity index (χ3n) is 4.68. The number of hydrogen-bond acceptors (Lipinski definition) is 8. The summed E-state index contributed by atoms with van der Waals surface area (Å²) in [5.74, 6) is -0.655. The molecule has 142 valence electrons. The van der Waals surface area contributed by atoms with E-state index in [0.717, 1.165) is 36.4 Å². The van der Waals surface area contributed by atoms with Crippen molar-refractivity contribution in [3.05, 3.63) is 36.4 Å². The van der Waals surface area contributed by atoms with Crippen molar-refractivity contribution < 1.29 is 14.1 Å². The molecule has 0 spiro atoms. The van der Waals surface area contributed by atoms with Gasteiger partial charge in [-0.05, 0) is 25.3 Å². The summed E-state index contributed by atoms with van der Waals surface area (Å²) in [6, 6.07) is 5.42. The molecule has 1 aromatic carbocycles. The van der Waals surface area contributed by atoms with Crippen LogP contribution in [-0.4, -0.2) is 37.6 Å². The molecule has 0 aliphatic carbocycles. The lowest BCUT2D eigenvalue weighted by Gasteiger charge is -2.22. The van der Waals surface area contributed by atoms with Gasteiger partial charge < -0.3 is 15.0 Å². The highest BCUT2D eigenvalue weighted by atomic mass is 32.1. The lowest BCUT2D eigenvalue weighted by atomic mass is 10.1. The van der Waals surface area contributed by atoms with Gasteiger partial charge in [0.25, 0.3) is 5.91 Å². The molecule has 1 amide bonds. The Kier molecular flexibility index (Phi) is 4.14. The van der Waals surface area contributed by atoms with Crippen molar-refractivity contribution in [1.82, 2.24) is 25.1 Å². The van der Waals surface area contributed by atoms with Gasteiger partial charge >= 0.3 is 0 Å². The van der Waals surface area contributed by atoms with Gasteiger partial charge in [0.2, 0.25) is 5.76 Å². The van der Waals surface area contributed by atoms with E-state index in [1.807, 2.05) is 23.0 Å². The minimum atomic E-state index is -0.673. The highest BCUT2D eigenvalue weighted by Gasteiger charge is 2.21. The van der Waals surface area contributed by atoms with E-state index in [1.165, 1.54) is 11.3 Å². The molecule has 10 heteroatoms. The molecule has 5 rings (SSSR count). The maximum atomic E-state index is 11.7. The number of nitrogens with zero attached hydrogens (tertiary/aromatic N) is 5. The molecule has 2 N–H and O–H groups in total. The Morgan fingerprint density at radius 2 is 2.14 bits per heavy atom. The monoisotopic (exact) mass is 396 g/mol. The summed E-state index contributed by atoms with van der Waals surface area (Å²) in [5.41, 5.74) is 7.53. The van der Waals surface area contributed by atoms with E-state index in [4.69, 9.17) is 15.0 Å². The molecule has 1 saturated heterocycles. The molecule has 28 heavy (non-hydrogen) atoms. The van der Waals surface area contributed by atoms with E-state index in [-0.39, 0.29) is 12.0 Å². The molecule has 1 fully saturated rings. The number of primary amides is 1. The van der Waals surface area contributed by atoms with E-state index in [2.05, 4.69) is 20.5 Å². The maximum Gasteiger partial charge on any atom is 0.288 e. The number of amides is 1. The van der Waals surface area contributed by atoms with Crippen LogP contribution in [0.15, 0.2) is 35.1 Å². The van der Waals surface area contributed by atoms with Crippen LogP contribution in [0.4, 0.5) is 0 Å². The Labute approximate surface area is 163 Å². The molecular formula is C18H16N6O3S. The second kappa shape index (κ2) is 6.80. The Hall–Kier alpha value is -3.11. The molecule has 1 atom stereocenters. The van der Waals surface area contributed by atoms with E-state index >= 15 is 0 Å². The summed E-state index contributed by atoms with van der Waals surface area (Å²) >= 11 is 1.40. The number of ether oxygens (including phenoxy) is 1. The highest BCUT2D eigenvalue weighted by molar-refractivity contribution is 7.18. The standard InChI is InChI=1S/C18H16N6O3S/c19-16(25)15-14-11(4-3-5-12(14)23-27-15)18-22-21-17(28-18)10-8-20-24(9-10)13-6-1-2-7-26-13/h3-5,8-9,13H,1-2,6-7H2,(H2,19,25). The predicted molar refractivity (Wildman–Crippen MR) is 101 cm³/mol. The van der Waals surface area contributed by atoms with Crippen LogP contribution in [0.1, 0.15) is 36.0 Å². The average Bonchev–Trinajstić information content (AvgIpc) is 3.46. The van der Waals surface area contributed by atoms with Gasteiger partial charge in [0.1, 0.15) is 16.8 Å². The minimum absolute atomic E-state index is 0.0182. The summed E-state index contributed by atoms with van der Waals surface area (Å²) in [5, 5.41) is 18.8. The number of hydrogen-bond donors (Lipinski definition) is 1. The topological polar surface area (TPSA) is 122 Å². The summed E-state index contributed by atoms with van der Waals surface area (Å²) in [6.07, 6.45) is 6.83. The van der Waals surface area contributed by atoms with E-state index in [0.29, 0.717) is 21.5 Å². The van der Waals surface area contributed by atoms with Gasteiger partial charge in [-0.1, -0.05) is 28.6 Å². The van der Waals surface area contributed by atoms with Crippen LogP contribution in [0, 0.1) is 0 Å². The van der Waals surface area contributed by atoms with Crippen LogP contribution in [-0.2, 0) is 4.74 Å². The van der Waals surface area contributed by atoms with Crippen molar-refractivity contribution in [2.75, 3.05) is 6.61 Å². The first-order valence-corrected chi connectivity index (χ1v) is 9.70. The van der Waals surface area contributed by atoms with Crippen LogP contribution in [0.25, 0.3) is 32.0 Å². The third-order valence-corrected chi connectivity index (χ3v) is 5.69. The number of rotatable bonds is 4. The molecule has 1 aliphatic heterocycles. The van der Waals surface area contributed by atoms with Crippen molar-refractivity contribution in [3.63, 3.8) is 0 Å². The Morgan fingerprint density at radius 1 is 1.25 bits per heavy atom. The van der Waals surface area contributed by atoms with Gasteiger partial charge in [0, 0.05) is 18.4 Å². The first-order chi connectivity index (χ1) is 13.7. The number of nitrogens with two attached hydrogens (primary N) is 1. The van der Waals surface area contributed by atoms with E-state index < -0.39 is 5.91 Å². The molecule has 3 aromatic heterocycles. The molecule has 4 heterocycles. The van der Waals surface area contributed by atoms with Gasteiger partial charge in [-0.3, -0.25) is 4.79 Å². The number of fused-ring (bicyclic) bond motifs is 1. The van der Waals surface area contributed by atoms with Gasteiger partial charge in [0.05, 0.1) is 17.1 Å². The molecule has 0 bridgehead atoms. The number of benzene rings is 1. The fourth-order valence-corrected chi connectivity index (χ4v) is 4.18. The fourth-order valence-electron chi connectivity index (χ4n) is 3.33. The van der Waals surface area contributed by atoms with Crippen molar-refractivity contribution in [2.45, 2.75) is 25.5 Å². The van der Waals surface area contributed by atoms with Crippen molar-refractivity contribution >= 4 is 28.1 Å². The third kappa shape index (κ3) is 2.86. The SMILES string of the molecule is NC(=O)c1onc2cccc(-c3nnc(-c4cnn(C5CCCCO5)c4)s3)c12. The van der Waals surface area contributed by atoms with Crippen LogP contribution < -0.4 is 5.73 Å². The summed E-state index contributed by atoms with van der Waals surface area (Å²) in [7, 11) is 0. The molecule has 1 unspecified atom stereocenters. The molecule has 0 radical (unpaired) electrons. The first kappa shape index (κ1) is 17.0. The highest BCUT2D eigenvalue weighted by Crippen LogP contribution is 2.35. The smallest absolute Gasteiger partial charge is 0.288 e. The largest absolute Gasteiger partial charge is 0.363 e. The maximum absolute atomic E-state index is 11.7. The van der Waals surface area contributed by atoms with Crippen molar-refractivity contribution in [1.29, 1.82) is 0 Å². The van der Waals surface area contributed by atoms with Gasteiger partial charge in [-0.15, -0.1) is 10.2 Å². The molecular weight excluding hydrogens is 380 g/mol. The second-order valence-corrected chi connectivity index (χ2v) is 7.50. The Morgan fingerprint density at radius 3 is 2.96 bits per heavy atom. The lowest BCUT2D eigenvalue weighted by Crippen LogP contribution is -2.18. The van der Waals surface area contributed by atoms with Gasteiger partial charge in [-0.2, -0.15) is 5.10 Å². The lowest BCUT2D eigenvalue weighted by molar-refractivity contribution is -0.0394. The van der Waals surface area contributed by atoms with Gasteiger partial charge in [0.15, 0.2) is 5.01 Å². The Balaban J connectivity index is 1.51. The number of carbonyl (C=O) groups excluding carboxylic acids is 1. The summed E-state index contributed by atoms with van der Waals surface area (Å²) < 4.78 is 12.7. The molecule has 9 nitrogen and oxygen atoms in total. The fraction of sp³-hybridized carbons (Fsp3) is 0.278.